The second kappa shape index (κ2) is 12.1. The van der Waals surface area contributed by atoms with E-state index >= 15 is 0 Å². The largest absolute Gasteiger partial charge is 0.510 e. The van der Waals surface area contributed by atoms with Gasteiger partial charge in [0.1, 0.15) is 40.3 Å². The van der Waals surface area contributed by atoms with Crippen LogP contribution in [-0.2, 0) is 33.5 Å². The van der Waals surface area contributed by atoms with E-state index in [1.165, 1.54) is 4.57 Å². The molecule has 8 nitrogen and oxygen atoms in total. The molecule has 0 saturated carbocycles. The van der Waals surface area contributed by atoms with Gasteiger partial charge in [0.2, 0.25) is 6.33 Å². The average Bonchev–Trinajstić information content (AvgIpc) is 3.77. The van der Waals surface area contributed by atoms with Gasteiger partial charge < -0.3 is 32.6 Å². The number of nitrogens with zero attached hydrogens (tertiary/aromatic N) is 4. The van der Waals surface area contributed by atoms with Crippen molar-refractivity contribution in [1.82, 2.24) is 14.1 Å². The number of fused-ring (bicyclic) bond motifs is 5. The molecule has 0 unspecified atom stereocenters. The fourth-order valence-corrected chi connectivity index (χ4v) is 8.54. The van der Waals surface area contributed by atoms with Crippen LogP contribution in [0.3, 0.4) is 0 Å². The van der Waals surface area contributed by atoms with Crippen LogP contribution in [-0.4, -0.2) is 20.8 Å². The molecule has 0 saturated heterocycles. The molecule has 278 valence electrons. The Morgan fingerprint density at radius 2 is 1.46 bits per heavy atom. The van der Waals surface area contributed by atoms with Crippen LogP contribution in [0.5, 0.6) is 46.0 Å². The van der Waals surface area contributed by atoms with Crippen molar-refractivity contribution < 1.29 is 48.7 Å². The van der Waals surface area contributed by atoms with E-state index in [4.69, 9.17) is 28.0 Å². The van der Waals surface area contributed by atoms with Crippen molar-refractivity contribution in [2.75, 3.05) is 0 Å². The molecule has 0 atom stereocenters. The van der Waals surface area contributed by atoms with Gasteiger partial charge in [-0.2, -0.15) is 18.2 Å². The van der Waals surface area contributed by atoms with Crippen LogP contribution in [0.4, 0.5) is 0 Å². The van der Waals surface area contributed by atoms with Crippen LogP contribution < -0.4 is 39.9 Å². The molecule has 3 aliphatic rings. The van der Waals surface area contributed by atoms with E-state index in [2.05, 4.69) is 62.0 Å². The number of imidazole rings is 1. The van der Waals surface area contributed by atoms with Crippen LogP contribution in [0.2, 0.25) is 0 Å². The minimum absolute atomic E-state index is 0. The van der Waals surface area contributed by atoms with E-state index in [9.17, 15) is 0 Å². The van der Waals surface area contributed by atoms with Crippen molar-refractivity contribution in [2.24, 2.45) is 6.98 Å². The standard InChI is InChI=1S/C47H31BN4O4.Pt/c1-47(2,3)27-20-21-49-41(22-27)52-34-24-30(53-29-11-7-10-28(23-29)51-26-50(4)32-12-5-6-13-33(32)51)18-19-31(34)42-35(52)25-40-45-46(42)56-39-17-9-15-37-44(39)48(45)43-36(54-37)14-8-16-38(43)55-40;/h5-22,25H,1-4H3;/q-2;/i4D3;. The second-order valence-electron chi connectivity index (χ2n) is 15.4. The van der Waals surface area contributed by atoms with E-state index < -0.39 is 6.98 Å². The number of para-hydroxylation sites is 2. The number of hydrogen-bond donors (Lipinski definition) is 0. The predicted octanol–water partition coefficient (Wildman–Crippen LogP) is 8.27. The maximum atomic E-state index is 8.10. The molecule has 6 heterocycles. The van der Waals surface area contributed by atoms with Gasteiger partial charge in [0.05, 0.1) is 22.1 Å². The zero-order valence-corrected chi connectivity index (χ0v) is 33.1. The zero-order chi connectivity index (χ0) is 39.9. The first-order valence-corrected chi connectivity index (χ1v) is 18.5. The molecular weight excluding hydrogens is 890 g/mol. The Bertz CT molecular complexity index is 3280. The Labute approximate surface area is 347 Å². The molecule has 0 N–H and O–H groups in total. The first-order chi connectivity index (χ1) is 28.5. The Morgan fingerprint density at radius 1 is 0.737 bits per heavy atom. The minimum atomic E-state index is -2.41. The molecular formula is C47H31BN4O4Pt-2. The number of benzene rings is 6. The Morgan fingerprint density at radius 3 is 2.23 bits per heavy atom. The summed E-state index contributed by atoms with van der Waals surface area (Å²) in [6, 6.07) is 41.8. The van der Waals surface area contributed by atoms with E-state index in [1.807, 2.05) is 91.1 Å². The number of pyridine rings is 1. The fourth-order valence-electron chi connectivity index (χ4n) is 8.54. The summed E-state index contributed by atoms with van der Waals surface area (Å²) in [5.74, 6) is 6.06. The van der Waals surface area contributed by atoms with E-state index in [-0.39, 0.29) is 33.2 Å². The summed E-state index contributed by atoms with van der Waals surface area (Å²) in [5.41, 5.74) is 7.30. The normalized spacial score (nSPS) is 14.2. The molecule has 0 radical (unpaired) electrons. The van der Waals surface area contributed by atoms with Crippen molar-refractivity contribution in [3.63, 3.8) is 0 Å². The average molecular weight is 925 g/mol. The third-order valence-corrected chi connectivity index (χ3v) is 11.1. The fraction of sp³-hybridized carbons (Fsp3) is 0.106. The van der Waals surface area contributed by atoms with Crippen molar-refractivity contribution >= 4 is 55.9 Å². The minimum Gasteiger partial charge on any atom is -0.510 e. The summed E-state index contributed by atoms with van der Waals surface area (Å²) in [6.07, 6.45) is 4.86. The summed E-state index contributed by atoms with van der Waals surface area (Å²) in [4.78, 5) is 4.94. The van der Waals surface area contributed by atoms with Crippen LogP contribution in [0.1, 0.15) is 30.4 Å². The van der Waals surface area contributed by atoms with Gasteiger partial charge in [0.15, 0.2) is 0 Å². The van der Waals surface area contributed by atoms with Gasteiger partial charge >= 0.3 is 0 Å². The quantitative estimate of drug-likeness (QED) is 0.101. The number of hydrogen-bond acceptors (Lipinski definition) is 5. The van der Waals surface area contributed by atoms with Crippen molar-refractivity contribution in [1.29, 1.82) is 0 Å². The molecule has 10 heteroatoms. The molecule has 6 aromatic carbocycles. The van der Waals surface area contributed by atoms with Gasteiger partial charge in [-0.05, 0) is 52.8 Å². The monoisotopic (exact) mass is 924 g/mol. The van der Waals surface area contributed by atoms with Crippen molar-refractivity contribution in [3.05, 3.63) is 139 Å². The summed E-state index contributed by atoms with van der Waals surface area (Å²) in [7, 11) is 0. The maximum Gasteiger partial charge on any atom is 0.270 e. The maximum absolute atomic E-state index is 8.10. The molecule has 0 spiro atoms. The Hall–Kier alpha value is -6.31. The van der Waals surface area contributed by atoms with Crippen LogP contribution in [0.25, 0.3) is 44.3 Å². The third-order valence-electron chi connectivity index (χ3n) is 11.1. The molecule has 0 fully saturated rings. The molecule has 0 aliphatic carbocycles. The van der Waals surface area contributed by atoms with Gasteiger partial charge in [-0.3, -0.25) is 0 Å². The molecule has 12 rings (SSSR count). The number of aryl methyl sites for hydroxylation is 1. The van der Waals surface area contributed by atoms with Crippen molar-refractivity contribution in [2.45, 2.75) is 26.2 Å². The van der Waals surface area contributed by atoms with Gasteiger partial charge in [-0.1, -0.05) is 73.8 Å². The van der Waals surface area contributed by atoms with Gasteiger partial charge in [-0.25, -0.2) is 4.98 Å². The molecule has 0 bridgehead atoms. The smallest absolute Gasteiger partial charge is 0.270 e. The third kappa shape index (κ3) is 4.91. The summed E-state index contributed by atoms with van der Waals surface area (Å²) >= 11 is 0. The second-order valence-corrected chi connectivity index (χ2v) is 15.4. The SMILES string of the molecule is [2H]C([2H])([2H])[n+]1[c-]n(-c2[c-]c(Oc3[c-]c4c(cc3)c3c5c6c(cc3n4-c3cc(C(C)(C)C)ccn3)Oc3cccc4c3B6c3c(cccc3O5)O4)ccc2)c2ccccc21.[Pt]. The molecule has 3 aromatic heterocycles. The number of ether oxygens (including phenoxy) is 4. The topological polar surface area (TPSA) is 63.6 Å². The first kappa shape index (κ1) is 30.9. The van der Waals surface area contributed by atoms with E-state index in [0.29, 0.717) is 39.8 Å². The van der Waals surface area contributed by atoms with Gasteiger partial charge in [0.25, 0.3) is 6.71 Å². The molecule has 57 heavy (non-hydrogen) atoms. The summed E-state index contributed by atoms with van der Waals surface area (Å²) in [6.45, 7) is 4.00. The van der Waals surface area contributed by atoms with Crippen LogP contribution >= 0.6 is 0 Å². The number of rotatable bonds is 4. The zero-order valence-electron chi connectivity index (χ0n) is 33.8. The summed E-state index contributed by atoms with van der Waals surface area (Å²) < 4.78 is 55.9. The van der Waals surface area contributed by atoms with E-state index in [1.54, 1.807) is 10.6 Å². The van der Waals surface area contributed by atoms with Gasteiger partial charge in [0, 0.05) is 66.7 Å². The van der Waals surface area contributed by atoms with Crippen LogP contribution in [0, 0.1) is 18.5 Å². The Balaban J connectivity index is 0.00000408. The number of aromatic nitrogens is 4. The molecule has 9 aromatic rings. The molecule has 3 aliphatic heterocycles. The Kier molecular flexibility index (Phi) is 6.55. The van der Waals surface area contributed by atoms with E-state index in [0.717, 1.165) is 72.5 Å². The first-order valence-electron chi connectivity index (χ1n) is 20.0. The molecule has 0 amide bonds. The summed E-state index contributed by atoms with van der Waals surface area (Å²) in [5, 5.41) is 1.81. The van der Waals surface area contributed by atoms with Crippen LogP contribution in [0.15, 0.2) is 115 Å². The van der Waals surface area contributed by atoms with Crippen molar-refractivity contribution in [3.8, 4) is 57.5 Å². The van der Waals surface area contributed by atoms with Gasteiger partial charge in [-0.15, -0.1) is 24.3 Å². The predicted molar refractivity (Wildman–Crippen MR) is 216 cm³/mol.